The minimum absolute atomic E-state index is 0.0858. The fourth-order valence-corrected chi connectivity index (χ4v) is 4.93. The van der Waals surface area contributed by atoms with E-state index in [-0.39, 0.29) is 20.5 Å². The first-order chi connectivity index (χ1) is 14.3. The van der Waals surface area contributed by atoms with Gasteiger partial charge in [0.25, 0.3) is 10.0 Å². The Morgan fingerprint density at radius 2 is 1.70 bits per heavy atom. The standard InChI is InChI=1S/C22H19Cl2NO4S/c23-18-11-12-19(24)21(14-18)30(28,29)25-20-10-2-1-7-16(20)8-3-5-15-6-4-9-17(13-15)22(26)27/h1-2,4,6-7,9-14,25H,3,5,8H2,(H,26,27). The van der Waals surface area contributed by atoms with Crippen LogP contribution < -0.4 is 4.72 Å². The number of aromatic carboxylic acids is 1. The molecule has 0 saturated heterocycles. The van der Waals surface area contributed by atoms with E-state index in [1.165, 1.54) is 18.2 Å². The second-order valence-corrected chi connectivity index (χ2v) is 9.19. The zero-order valence-corrected chi connectivity index (χ0v) is 18.1. The van der Waals surface area contributed by atoms with Crippen molar-refractivity contribution in [2.45, 2.75) is 24.2 Å². The number of halogens is 2. The van der Waals surface area contributed by atoms with Gasteiger partial charge in [-0.2, -0.15) is 0 Å². The Bertz CT molecular complexity index is 1180. The van der Waals surface area contributed by atoms with Gasteiger partial charge in [-0.1, -0.05) is 53.5 Å². The lowest BCUT2D eigenvalue weighted by Crippen LogP contribution is -2.15. The maximum absolute atomic E-state index is 12.8. The van der Waals surface area contributed by atoms with E-state index in [0.29, 0.717) is 18.5 Å². The van der Waals surface area contributed by atoms with Crippen LogP contribution in [-0.4, -0.2) is 19.5 Å². The van der Waals surface area contributed by atoms with Crippen LogP contribution in [0.3, 0.4) is 0 Å². The van der Waals surface area contributed by atoms with Crippen molar-refractivity contribution in [1.29, 1.82) is 0 Å². The van der Waals surface area contributed by atoms with Gasteiger partial charge in [0.2, 0.25) is 0 Å². The van der Waals surface area contributed by atoms with Gasteiger partial charge in [-0.3, -0.25) is 4.72 Å². The molecule has 0 radical (unpaired) electrons. The molecule has 0 aliphatic rings. The molecule has 5 nitrogen and oxygen atoms in total. The number of carboxylic acids is 1. The van der Waals surface area contributed by atoms with Gasteiger partial charge in [-0.15, -0.1) is 0 Å². The lowest BCUT2D eigenvalue weighted by molar-refractivity contribution is 0.0696. The van der Waals surface area contributed by atoms with E-state index >= 15 is 0 Å². The number of benzene rings is 3. The molecule has 0 aliphatic carbocycles. The van der Waals surface area contributed by atoms with E-state index in [4.69, 9.17) is 28.3 Å². The number of nitrogens with one attached hydrogen (secondary N) is 1. The van der Waals surface area contributed by atoms with Crippen LogP contribution in [-0.2, 0) is 22.9 Å². The molecule has 0 heterocycles. The number of carboxylic acid groups (broad SMARTS) is 1. The molecule has 0 aliphatic heterocycles. The minimum atomic E-state index is -3.91. The molecule has 3 aromatic rings. The van der Waals surface area contributed by atoms with Gasteiger partial charge in [-0.05, 0) is 66.8 Å². The number of aryl methyl sites for hydroxylation is 2. The Balaban J connectivity index is 1.74. The topological polar surface area (TPSA) is 83.5 Å². The Labute approximate surface area is 185 Å². The van der Waals surface area contributed by atoms with Gasteiger partial charge in [0.05, 0.1) is 16.3 Å². The van der Waals surface area contributed by atoms with Crippen LogP contribution in [0.15, 0.2) is 71.6 Å². The van der Waals surface area contributed by atoms with Crippen LogP contribution in [0.4, 0.5) is 5.69 Å². The van der Waals surface area contributed by atoms with Gasteiger partial charge in [0.15, 0.2) is 0 Å². The van der Waals surface area contributed by atoms with Gasteiger partial charge in [0, 0.05) is 5.02 Å². The molecule has 0 fully saturated rings. The van der Waals surface area contributed by atoms with Crippen molar-refractivity contribution in [3.63, 3.8) is 0 Å². The highest BCUT2D eigenvalue weighted by Crippen LogP contribution is 2.28. The first-order valence-corrected chi connectivity index (χ1v) is 11.4. The molecule has 0 unspecified atom stereocenters. The SMILES string of the molecule is O=C(O)c1cccc(CCCc2ccccc2NS(=O)(=O)c2cc(Cl)ccc2Cl)c1. The second kappa shape index (κ2) is 9.51. The van der Waals surface area contributed by atoms with E-state index in [0.717, 1.165) is 17.5 Å². The number of anilines is 1. The zero-order chi connectivity index (χ0) is 21.7. The molecule has 0 amide bonds. The summed E-state index contributed by atoms with van der Waals surface area (Å²) in [6.45, 7) is 0. The predicted octanol–water partition coefficient (Wildman–Crippen LogP) is 5.67. The van der Waals surface area contributed by atoms with Crippen molar-refractivity contribution in [3.05, 3.63) is 93.5 Å². The molecule has 0 bridgehead atoms. The summed E-state index contributed by atoms with van der Waals surface area (Å²) in [5, 5.41) is 9.47. The fraction of sp³-hybridized carbons (Fsp3) is 0.136. The monoisotopic (exact) mass is 463 g/mol. The highest BCUT2D eigenvalue weighted by Gasteiger charge is 2.19. The lowest BCUT2D eigenvalue weighted by Gasteiger charge is -2.14. The Morgan fingerprint density at radius 3 is 2.47 bits per heavy atom. The van der Waals surface area contributed by atoms with Crippen molar-refractivity contribution in [3.8, 4) is 0 Å². The van der Waals surface area contributed by atoms with Crippen LogP contribution in [0, 0.1) is 0 Å². The summed E-state index contributed by atoms with van der Waals surface area (Å²) in [7, 11) is -3.91. The van der Waals surface area contributed by atoms with Crippen molar-refractivity contribution >= 4 is 44.9 Å². The molecule has 0 aromatic heterocycles. The summed E-state index contributed by atoms with van der Waals surface area (Å²) in [5.41, 5.74) is 2.46. The molecule has 0 atom stereocenters. The Kier molecular flexibility index (Phi) is 7.02. The molecule has 156 valence electrons. The van der Waals surface area contributed by atoms with E-state index < -0.39 is 16.0 Å². The number of hydrogen-bond donors (Lipinski definition) is 2. The van der Waals surface area contributed by atoms with E-state index in [1.807, 2.05) is 18.2 Å². The normalized spacial score (nSPS) is 11.3. The largest absolute Gasteiger partial charge is 0.478 e. The number of carbonyl (C=O) groups is 1. The van der Waals surface area contributed by atoms with Crippen LogP contribution in [0.5, 0.6) is 0 Å². The van der Waals surface area contributed by atoms with E-state index in [9.17, 15) is 13.2 Å². The molecule has 2 N–H and O–H groups in total. The fourth-order valence-electron chi connectivity index (χ4n) is 3.06. The van der Waals surface area contributed by atoms with Crippen LogP contribution in [0.1, 0.15) is 27.9 Å². The molecule has 3 rings (SSSR count). The zero-order valence-electron chi connectivity index (χ0n) is 15.8. The summed E-state index contributed by atoms with van der Waals surface area (Å²) in [4.78, 5) is 11.0. The van der Waals surface area contributed by atoms with Gasteiger partial charge >= 0.3 is 5.97 Å². The number of hydrogen-bond acceptors (Lipinski definition) is 3. The third-order valence-corrected chi connectivity index (χ3v) is 6.61. The minimum Gasteiger partial charge on any atom is -0.478 e. The molecule has 0 saturated carbocycles. The van der Waals surface area contributed by atoms with Crippen LogP contribution >= 0.6 is 23.2 Å². The highest BCUT2D eigenvalue weighted by atomic mass is 35.5. The van der Waals surface area contributed by atoms with Crippen molar-refractivity contribution in [1.82, 2.24) is 0 Å². The molecule has 8 heteroatoms. The third kappa shape index (κ3) is 5.53. The van der Waals surface area contributed by atoms with Crippen LogP contribution in [0.25, 0.3) is 0 Å². The summed E-state index contributed by atoms with van der Waals surface area (Å²) in [6, 6.07) is 18.2. The second-order valence-electron chi connectivity index (χ2n) is 6.70. The van der Waals surface area contributed by atoms with Crippen LogP contribution in [0.2, 0.25) is 10.0 Å². The predicted molar refractivity (Wildman–Crippen MR) is 119 cm³/mol. The lowest BCUT2D eigenvalue weighted by atomic mass is 10.0. The van der Waals surface area contributed by atoms with Crippen molar-refractivity contribution < 1.29 is 18.3 Å². The first kappa shape index (κ1) is 22.2. The van der Waals surface area contributed by atoms with E-state index in [1.54, 1.807) is 30.3 Å². The first-order valence-electron chi connectivity index (χ1n) is 9.14. The average molecular weight is 464 g/mol. The smallest absolute Gasteiger partial charge is 0.335 e. The highest BCUT2D eigenvalue weighted by molar-refractivity contribution is 7.92. The van der Waals surface area contributed by atoms with Gasteiger partial charge < -0.3 is 5.11 Å². The molecular formula is C22H19Cl2NO4S. The van der Waals surface area contributed by atoms with Crippen molar-refractivity contribution in [2.24, 2.45) is 0 Å². The maximum Gasteiger partial charge on any atom is 0.335 e. The maximum atomic E-state index is 12.8. The summed E-state index contributed by atoms with van der Waals surface area (Å²) >= 11 is 12.0. The Hall–Kier alpha value is -2.54. The molecule has 30 heavy (non-hydrogen) atoms. The Morgan fingerprint density at radius 1 is 0.933 bits per heavy atom. The number of rotatable bonds is 8. The third-order valence-electron chi connectivity index (χ3n) is 4.53. The molecule has 0 spiro atoms. The summed E-state index contributed by atoms with van der Waals surface area (Å²) in [5.74, 6) is -0.962. The quantitative estimate of drug-likeness (QED) is 0.450. The molecule has 3 aromatic carbocycles. The number of para-hydroxylation sites is 1. The molecular weight excluding hydrogens is 445 g/mol. The number of sulfonamides is 1. The van der Waals surface area contributed by atoms with E-state index in [2.05, 4.69) is 4.72 Å². The summed E-state index contributed by atoms with van der Waals surface area (Å²) in [6.07, 6.45) is 2.00. The van der Waals surface area contributed by atoms with Crippen molar-refractivity contribution in [2.75, 3.05) is 4.72 Å². The summed E-state index contributed by atoms with van der Waals surface area (Å²) < 4.78 is 28.2. The average Bonchev–Trinajstić information content (AvgIpc) is 2.71. The van der Waals surface area contributed by atoms with Gasteiger partial charge in [0.1, 0.15) is 4.90 Å². The van der Waals surface area contributed by atoms with Gasteiger partial charge in [-0.25, -0.2) is 13.2 Å².